The first-order valence-corrected chi connectivity index (χ1v) is 7.40. The number of rotatable bonds is 4. The van der Waals surface area contributed by atoms with Crippen molar-refractivity contribution in [1.29, 1.82) is 0 Å². The lowest BCUT2D eigenvalue weighted by Crippen LogP contribution is -2.17. The van der Waals surface area contributed by atoms with Crippen LogP contribution in [0.4, 0.5) is 0 Å². The molecule has 106 valence electrons. The van der Waals surface area contributed by atoms with E-state index in [4.69, 9.17) is 33.3 Å². The van der Waals surface area contributed by atoms with Gasteiger partial charge in [0.05, 0.1) is 23.6 Å². The van der Waals surface area contributed by atoms with Gasteiger partial charge in [0.2, 0.25) is 0 Å². The molecule has 0 bridgehead atoms. The number of halogens is 1. The van der Waals surface area contributed by atoms with Crippen LogP contribution < -0.4 is 14.8 Å². The van der Waals surface area contributed by atoms with Crippen molar-refractivity contribution < 1.29 is 14.3 Å². The molecule has 1 aromatic carbocycles. The van der Waals surface area contributed by atoms with E-state index < -0.39 is 0 Å². The summed E-state index contributed by atoms with van der Waals surface area (Å²) in [5.74, 6) is 0.819. The highest BCUT2D eigenvalue weighted by Gasteiger charge is 2.22. The Labute approximate surface area is 131 Å². The van der Waals surface area contributed by atoms with E-state index in [0.29, 0.717) is 32.4 Å². The zero-order chi connectivity index (χ0) is 14.7. The van der Waals surface area contributed by atoms with Gasteiger partial charge in [-0.25, -0.2) is 0 Å². The minimum Gasteiger partial charge on any atom is -0.493 e. The standard InChI is InChI=1S/C13H12ClNO3S2/c1-3-18-11-8(14)4-7(5-9(11)17-2)6-10-12(16)15-13(19)20-10/h4-6H,3H2,1-2H3,(H,15,16,19)/b10-6-. The predicted octanol–water partition coefficient (Wildman–Crippen LogP) is 3.24. The summed E-state index contributed by atoms with van der Waals surface area (Å²) in [5, 5.41) is 2.99. The molecule has 1 N–H and O–H groups in total. The van der Waals surface area contributed by atoms with Crippen LogP contribution >= 0.6 is 35.6 Å². The van der Waals surface area contributed by atoms with Gasteiger partial charge in [-0.1, -0.05) is 35.6 Å². The minimum absolute atomic E-state index is 0.205. The van der Waals surface area contributed by atoms with E-state index in [0.717, 1.165) is 5.56 Å². The van der Waals surface area contributed by atoms with Gasteiger partial charge in [-0.05, 0) is 30.7 Å². The number of methoxy groups -OCH3 is 1. The van der Waals surface area contributed by atoms with Crippen molar-refractivity contribution in [3.8, 4) is 11.5 Å². The number of amides is 1. The van der Waals surface area contributed by atoms with Crippen LogP contribution in [0.25, 0.3) is 6.08 Å². The summed E-state index contributed by atoms with van der Waals surface area (Å²) in [6, 6.07) is 3.48. The summed E-state index contributed by atoms with van der Waals surface area (Å²) in [4.78, 5) is 12.1. The van der Waals surface area contributed by atoms with Gasteiger partial charge in [-0.15, -0.1) is 0 Å². The largest absolute Gasteiger partial charge is 0.493 e. The first kappa shape index (κ1) is 15.2. The molecule has 1 aromatic rings. The Hall–Kier alpha value is -1.24. The summed E-state index contributed by atoms with van der Waals surface area (Å²) < 4.78 is 11.1. The van der Waals surface area contributed by atoms with E-state index in [2.05, 4.69) is 5.32 Å². The molecule has 1 fully saturated rings. The summed E-state index contributed by atoms with van der Waals surface area (Å²) >= 11 is 12.3. The normalized spacial score (nSPS) is 16.4. The molecule has 1 amide bonds. The van der Waals surface area contributed by atoms with Crippen LogP contribution in [0.3, 0.4) is 0 Å². The molecule has 7 heteroatoms. The van der Waals surface area contributed by atoms with E-state index in [9.17, 15) is 4.79 Å². The van der Waals surface area contributed by atoms with E-state index in [1.165, 1.54) is 18.9 Å². The molecule has 20 heavy (non-hydrogen) atoms. The number of carbonyl (C=O) groups excluding carboxylic acids is 1. The lowest BCUT2D eigenvalue weighted by Gasteiger charge is -2.12. The number of thioether (sulfide) groups is 1. The molecule has 1 aliphatic rings. The third-order valence-electron chi connectivity index (χ3n) is 2.48. The van der Waals surface area contributed by atoms with Crippen LogP contribution in [-0.4, -0.2) is 23.9 Å². The van der Waals surface area contributed by atoms with Gasteiger partial charge in [0, 0.05) is 0 Å². The van der Waals surface area contributed by atoms with Crippen LogP contribution in [0.2, 0.25) is 5.02 Å². The Morgan fingerprint density at radius 1 is 1.50 bits per heavy atom. The van der Waals surface area contributed by atoms with Crippen molar-refractivity contribution >= 4 is 51.9 Å². The van der Waals surface area contributed by atoms with E-state index in [1.54, 1.807) is 18.2 Å². The van der Waals surface area contributed by atoms with Crippen molar-refractivity contribution in [3.63, 3.8) is 0 Å². The summed E-state index contributed by atoms with van der Waals surface area (Å²) in [5.41, 5.74) is 0.748. The summed E-state index contributed by atoms with van der Waals surface area (Å²) in [6.07, 6.45) is 1.71. The van der Waals surface area contributed by atoms with Crippen molar-refractivity contribution in [3.05, 3.63) is 27.6 Å². The topological polar surface area (TPSA) is 47.6 Å². The monoisotopic (exact) mass is 329 g/mol. The third kappa shape index (κ3) is 3.26. The van der Waals surface area contributed by atoms with Crippen LogP contribution in [0.5, 0.6) is 11.5 Å². The first-order valence-electron chi connectivity index (χ1n) is 5.80. The zero-order valence-corrected chi connectivity index (χ0v) is 13.2. The molecular formula is C13H12ClNO3S2. The van der Waals surface area contributed by atoms with Crippen LogP contribution in [-0.2, 0) is 4.79 Å². The molecule has 4 nitrogen and oxygen atoms in total. The highest BCUT2D eigenvalue weighted by Crippen LogP contribution is 2.37. The molecule has 1 saturated heterocycles. The number of ether oxygens (including phenoxy) is 2. The van der Waals surface area contributed by atoms with Gasteiger partial charge in [0.15, 0.2) is 11.5 Å². The first-order chi connectivity index (χ1) is 9.55. The summed E-state index contributed by atoms with van der Waals surface area (Å²) in [7, 11) is 1.54. The molecule has 1 heterocycles. The van der Waals surface area contributed by atoms with Gasteiger partial charge in [0.1, 0.15) is 4.32 Å². The molecule has 2 rings (SSSR count). The maximum absolute atomic E-state index is 11.6. The lowest BCUT2D eigenvalue weighted by atomic mass is 10.2. The van der Waals surface area contributed by atoms with Crippen LogP contribution in [0.1, 0.15) is 12.5 Å². The Morgan fingerprint density at radius 2 is 2.25 bits per heavy atom. The maximum Gasteiger partial charge on any atom is 0.263 e. The maximum atomic E-state index is 11.6. The molecule has 0 aliphatic carbocycles. The number of hydrogen-bond donors (Lipinski definition) is 1. The van der Waals surface area contributed by atoms with Crippen LogP contribution in [0, 0.1) is 0 Å². The fourth-order valence-electron chi connectivity index (χ4n) is 1.68. The number of thiocarbonyl (C=S) groups is 1. The average molecular weight is 330 g/mol. The summed E-state index contributed by atoms with van der Waals surface area (Å²) in [6.45, 7) is 2.36. The van der Waals surface area contributed by atoms with Crippen LogP contribution in [0.15, 0.2) is 17.0 Å². The molecule has 0 radical (unpaired) electrons. The molecular weight excluding hydrogens is 318 g/mol. The highest BCUT2D eigenvalue weighted by atomic mass is 35.5. The molecule has 0 unspecified atom stereocenters. The van der Waals surface area contributed by atoms with Gasteiger partial charge < -0.3 is 14.8 Å². The highest BCUT2D eigenvalue weighted by molar-refractivity contribution is 8.26. The second-order valence-electron chi connectivity index (χ2n) is 3.82. The molecule has 1 aliphatic heterocycles. The molecule has 0 atom stereocenters. The second-order valence-corrected chi connectivity index (χ2v) is 5.95. The zero-order valence-electron chi connectivity index (χ0n) is 10.9. The number of nitrogens with one attached hydrogen (secondary N) is 1. The number of benzene rings is 1. The SMILES string of the molecule is CCOc1c(Cl)cc(/C=C2\SC(=S)NC2=O)cc1OC. The van der Waals surface area contributed by atoms with Crippen molar-refractivity contribution in [2.75, 3.05) is 13.7 Å². The fourth-order valence-corrected chi connectivity index (χ4v) is 3.00. The number of carbonyl (C=O) groups is 1. The van der Waals surface area contributed by atoms with Gasteiger partial charge in [-0.2, -0.15) is 0 Å². The number of hydrogen-bond acceptors (Lipinski definition) is 5. The fraction of sp³-hybridized carbons (Fsp3) is 0.231. The Balaban J connectivity index is 2.39. The van der Waals surface area contributed by atoms with E-state index in [-0.39, 0.29) is 5.91 Å². The van der Waals surface area contributed by atoms with Crippen molar-refractivity contribution in [1.82, 2.24) is 5.32 Å². The van der Waals surface area contributed by atoms with Crippen molar-refractivity contribution in [2.45, 2.75) is 6.92 Å². The van der Waals surface area contributed by atoms with E-state index >= 15 is 0 Å². The smallest absolute Gasteiger partial charge is 0.263 e. The van der Waals surface area contributed by atoms with E-state index in [1.807, 2.05) is 6.92 Å². The Morgan fingerprint density at radius 3 is 2.80 bits per heavy atom. The average Bonchev–Trinajstić information content (AvgIpc) is 2.70. The van der Waals surface area contributed by atoms with Gasteiger partial charge in [0.25, 0.3) is 5.91 Å². The molecule has 0 aromatic heterocycles. The lowest BCUT2D eigenvalue weighted by molar-refractivity contribution is -0.115. The van der Waals surface area contributed by atoms with Gasteiger partial charge >= 0.3 is 0 Å². The van der Waals surface area contributed by atoms with Crippen molar-refractivity contribution in [2.24, 2.45) is 0 Å². The Kier molecular flexibility index (Phi) is 4.91. The minimum atomic E-state index is -0.205. The molecule has 0 spiro atoms. The second kappa shape index (κ2) is 6.47. The Bertz CT molecular complexity index is 602. The molecule has 0 saturated carbocycles. The van der Waals surface area contributed by atoms with Gasteiger partial charge in [-0.3, -0.25) is 4.79 Å². The third-order valence-corrected chi connectivity index (χ3v) is 3.92. The quantitative estimate of drug-likeness (QED) is 0.679. The predicted molar refractivity (Wildman–Crippen MR) is 85.5 cm³/mol.